The summed E-state index contributed by atoms with van der Waals surface area (Å²) in [4.78, 5) is 0. The molecule has 0 spiro atoms. The van der Waals surface area contributed by atoms with Crippen LogP contribution in [-0.2, 0) is 0 Å². The first-order chi connectivity index (χ1) is 8.99. The highest BCUT2D eigenvalue weighted by atomic mass is 35.5. The van der Waals surface area contributed by atoms with Gasteiger partial charge >= 0.3 is 0 Å². The van der Waals surface area contributed by atoms with Gasteiger partial charge in [-0.1, -0.05) is 17.7 Å². The van der Waals surface area contributed by atoms with Gasteiger partial charge in [-0.25, -0.2) is 4.39 Å². The molecule has 0 unspecified atom stereocenters. The summed E-state index contributed by atoms with van der Waals surface area (Å²) in [6.07, 6.45) is 0. The summed E-state index contributed by atoms with van der Waals surface area (Å²) in [6.45, 7) is 1.84. The molecule has 3 nitrogen and oxygen atoms in total. The lowest BCUT2D eigenvalue weighted by Gasteiger charge is -2.11. The molecular weight excluding hydrogens is 267 g/mol. The Morgan fingerprint density at radius 3 is 2.68 bits per heavy atom. The summed E-state index contributed by atoms with van der Waals surface area (Å²) in [6, 6.07) is 9.39. The normalized spacial score (nSPS) is 10.3. The van der Waals surface area contributed by atoms with Crippen LogP contribution < -0.4 is 10.5 Å². The monoisotopic (exact) mass is 278 g/mol. The Kier molecular flexibility index (Phi) is 3.71. The van der Waals surface area contributed by atoms with Crippen molar-refractivity contribution in [1.82, 2.24) is 0 Å². The molecule has 0 amide bonds. The first-order valence-electron chi connectivity index (χ1n) is 5.56. The minimum absolute atomic E-state index is 0.0462. The van der Waals surface area contributed by atoms with Crippen LogP contribution in [-0.4, -0.2) is 5.84 Å². The van der Waals surface area contributed by atoms with Crippen molar-refractivity contribution in [1.29, 1.82) is 5.41 Å². The van der Waals surface area contributed by atoms with E-state index in [-0.39, 0.29) is 17.1 Å². The van der Waals surface area contributed by atoms with Gasteiger partial charge < -0.3 is 10.5 Å². The van der Waals surface area contributed by atoms with E-state index in [1.165, 1.54) is 12.1 Å². The van der Waals surface area contributed by atoms with Crippen LogP contribution in [0.15, 0.2) is 36.4 Å². The van der Waals surface area contributed by atoms with E-state index >= 15 is 0 Å². The minimum Gasteiger partial charge on any atom is -0.456 e. The van der Waals surface area contributed by atoms with Crippen LogP contribution in [0.25, 0.3) is 0 Å². The van der Waals surface area contributed by atoms with Crippen molar-refractivity contribution in [3.63, 3.8) is 0 Å². The van der Waals surface area contributed by atoms with Crippen molar-refractivity contribution >= 4 is 17.4 Å². The van der Waals surface area contributed by atoms with Gasteiger partial charge in [0.2, 0.25) is 0 Å². The van der Waals surface area contributed by atoms with E-state index in [0.717, 1.165) is 5.56 Å². The number of amidine groups is 1. The van der Waals surface area contributed by atoms with Crippen molar-refractivity contribution in [3.05, 3.63) is 58.4 Å². The highest BCUT2D eigenvalue weighted by Gasteiger charge is 2.13. The first kappa shape index (κ1) is 13.4. The molecule has 0 radical (unpaired) electrons. The van der Waals surface area contributed by atoms with E-state index in [2.05, 4.69) is 0 Å². The summed E-state index contributed by atoms with van der Waals surface area (Å²) in [5.41, 5.74) is 6.17. The highest BCUT2D eigenvalue weighted by molar-refractivity contribution is 6.31. The van der Waals surface area contributed by atoms with E-state index in [9.17, 15) is 4.39 Å². The second-order valence-corrected chi connectivity index (χ2v) is 4.45. The van der Waals surface area contributed by atoms with Crippen molar-refractivity contribution in [2.75, 3.05) is 0 Å². The molecule has 2 aromatic rings. The maximum atomic E-state index is 13.6. The predicted octanol–water partition coefficient (Wildman–Crippen LogP) is 3.86. The number of halogens is 2. The van der Waals surface area contributed by atoms with E-state index in [4.69, 9.17) is 27.5 Å². The largest absolute Gasteiger partial charge is 0.456 e. The summed E-state index contributed by atoms with van der Waals surface area (Å²) in [5, 5.41) is 8.02. The molecule has 3 N–H and O–H groups in total. The van der Waals surface area contributed by atoms with E-state index in [1.807, 2.05) is 6.92 Å². The molecule has 19 heavy (non-hydrogen) atoms. The van der Waals surface area contributed by atoms with Crippen molar-refractivity contribution in [2.24, 2.45) is 5.73 Å². The smallest absolute Gasteiger partial charge is 0.141 e. The third kappa shape index (κ3) is 2.85. The Bertz CT molecular complexity index is 643. The number of benzene rings is 2. The summed E-state index contributed by atoms with van der Waals surface area (Å²) >= 11 is 5.92. The van der Waals surface area contributed by atoms with Gasteiger partial charge in [0.05, 0.1) is 5.56 Å². The summed E-state index contributed by atoms with van der Waals surface area (Å²) < 4.78 is 19.2. The zero-order valence-electron chi connectivity index (χ0n) is 10.2. The third-order valence-electron chi connectivity index (χ3n) is 2.60. The second-order valence-electron chi connectivity index (χ2n) is 4.04. The summed E-state index contributed by atoms with van der Waals surface area (Å²) in [5.74, 6) is -0.251. The molecule has 0 saturated heterocycles. The quantitative estimate of drug-likeness (QED) is 0.661. The van der Waals surface area contributed by atoms with Gasteiger partial charge in [0.15, 0.2) is 0 Å². The molecule has 0 aromatic heterocycles. The standard InChI is InChI=1S/C14H12ClFN2O/c1-8-7-9(5-6-10(8)15)19-12-4-2-3-11(16)13(12)14(17)18/h2-7H,1H3,(H3,17,18). The van der Waals surface area contributed by atoms with Crippen molar-refractivity contribution in [2.45, 2.75) is 6.92 Å². The van der Waals surface area contributed by atoms with Gasteiger partial charge in [0.25, 0.3) is 0 Å². The van der Waals surface area contributed by atoms with Crippen LogP contribution in [0, 0.1) is 18.2 Å². The molecular formula is C14H12ClFN2O. The molecule has 0 aliphatic rings. The maximum Gasteiger partial charge on any atom is 0.141 e. The van der Waals surface area contributed by atoms with Crippen molar-refractivity contribution in [3.8, 4) is 11.5 Å². The molecule has 0 fully saturated rings. The van der Waals surface area contributed by atoms with E-state index in [0.29, 0.717) is 10.8 Å². The molecule has 0 aliphatic carbocycles. The average molecular weight is 279 g/mol. The fourth-order valence-electron chi connectivity index (χ4n) is 1.66. The molecule has 2 aromatic carbocycles. The minimum atomic E-state index is -0.587. The van der Waals surface area contributed by atoms with Gasteiger partial charge in [-0.3, -0.25) is 5.41 Å². The third-order valence-corrected chi connectivity index (χ3v) is 3.03. The highest BCUT2D eigenvalue weighted by Crippen LogP contribution is 2.29. The average Bonchev–Trinajstić information content (AvgIpc) is 2.33. The lowest BCUT2D eigenvalue weighted by molar-refractivity contribution is 0.474. The summed E-state index contributed by atoms with van der Waals surface area (Å²) in [7, 11) is 0. The van der Waals surface area contributed by atoms with E-state index in [1.54, 1.807) is 24.3 Å². The van der Waals surface area contributed by atoms with Crippen LogP contribution in [0.4, 0.5) is 4.39 Å². The number of hydrogen-bond acceptors (Lipinski definition) is 2. The Balaban J connectivity index is 2.40. The molecule has 0 saturated carbocycles. The number of nitrogens with one attached hydrogen (secondary N) is 1. The predicted molar refractivity (Wildman–Crippen MR) is 73.7 cm³/mol. The number of aryl methyl sites for hydroxylation is 1. The second kappa shape index (κ2) is 5.28. The number of nitrogens with two attached hydrogens (primary N) is 1. The fraction of sp³-hybridized carbons (Fsp3) is 0.0714. The van der Waals surface area contributed by atoms with Crippen LogP contribution in [0.3, 0.4) is 0 Å². The zero-order chi connectivity index (χ0) is 14.0. The lowest BCUT2D eigenvalue weighted by Crippen LogP contribution is -2.14. The SMILES string of the molecule is Cc1cc(Oc2cccc(F)c2C(=N)N)ccc1Cl. The first-order valence-corrected chi connectivity index (χ1v) is 5.93. The van der Waals surface area contributed by atoms with Crippen LogP contribution >= 0.6 is 11.6 Å². The van der Waals surface area contributed by atoms with Gasteiger partial charge in [0.1, 0.15) is 23.2 Å². The maximum absolute atomic E-state index is 13.6. The lowest BCUT2D eigenvalue weighted by atomic mass is 10.1. The Labute approximate surface area is 115 Å². The number of hydrogen-bond donors (Lipinski definition) is 2. The number of ether oxygens (including phenoxy) is 1. The molecule has 2 rings (SSSR count). The van der Waals surface area contributed by atoms with Crippen LogP contribution in [0.5, 0.6) is 11.5 Å². The molecule has 98 valence electrons. The van der Waals surface area contributed by atoms with E-state index < -0.39 is 5.82 Å². The molecule has 0 aliphatic heterocycles. The number of nitrogen functional groups attached to an aromatic ring is 1. The fourth-order valence-corrected chi connectivity index (χ4v) is 1.78. The molecule has 0 heterocycles. The van der Waals surface area contributed by atoms with Crippen LogP contribution in [0.1, 0.15) is 11.1 Å². The van der Waals surface area contributed by atoms with Gasteiger partial charge in [0, 0.05) is 5.02 Å². The van der Waals surface area contributed by atoms with Crippen molar-refractivity contribution < 1.29 is 9.13 Å². The van der Waals surface area contributed by atoms with Gasteiger partial charge in [-0.15, -0.1) is 0 Å². The Morgan fingerprint density at radius 2 is 2.05 bits per heavy atom. The molecule has 5 heteroatoms. The Hall–Kier alpha value is -2.07. The molecule has 0 atom stereocenters. The molecule has 0 bridgehead atoms. The number of rotatable bonds is 3. The van der Waals surface area contributed by atoms with Gasteiger partial charge in [-0.05, 0) is 42.8 Å². The van der Waals surface area contributed by atoms with Gasteiger partial charge in [-0.2, -0.15) is 0 Å². The zero-order valence-corrected chi connectivity index (χ0v) is 11.0. The van der Waals surface area contributed by atoms with Crippen LogP contribution in [0.2, 0.25) is 5.02 Å². The Morgan fingerprint density at radius 1 is 1.32 bits per heavy atom. The topological polar surface area (TPSA) is 59.1 Å².